The molecule has 2 atom stereocenters. The number of ether oxygens (including phenoxy) is 1. The van der Waals surface area contributed by atoms with Crippen molar-refractivity contribution in [1.82, 2.24) is 5.32 Å². The van der Waals surface area contributed by atoms with Gasteiger partial charge in [-0.1, -0.05) is 218 Å². The van der Waals surface area contributed by atoms with Crippen molar-refractivity contribution in [1.29, 1.82) is 0 Å². The summed E-state index contributed by atoms with van der Waals surface area (Å²) >= 11 is 0. The van der Waals surface area contributed by atoms with Gasteiger partial charge in [-0.3, -0.25) is 9.59 Å². The molecular weight excluding hydrogens is 707 g/mol. The Hall–Kier alpha value is -1.66. The van der Waals surface area contributed by atoms with Crippen molar-refractivity contribution in [2.75, 3.05) is 13.2 Å². The molecule has 1 amide bonds. The number of aliphatic hydroxyl groups is 2. The largest absolute Gasteiger partial charge is 0.466 e. The number of amides is 1. The van der Waals surface area contributed by atoms with Gasteiger partial charge in [0, 0.05) is 12.8 Å². The fraction of sp³-hybridized carbons (Fsp3) is 0.882. The lowest BCUT2D eigenvalue weighted by Crippen LogP contribution is -2.45. The molecule has 0 spiro atoms. The van der Waals surface area contributed by atoms with Crippen molar-refractivity contribution in [2.24, 2.45) is 0 Å². The first-order valence-electron chi connectivity index (χ1n) is 25.1. The highest BCUT2D eigenvalue weighted by molar-refractivity contribution is 5.76. The van der Waals surface area contributed by atoms with Gasteiger partial charge in [0.2, 0.25) is 5.91 Å². The van der Waals surface area contributed by atoms with E-state index in [0.29, 0.717) is 25.9 Å². The molecule has 0 bridgehead atoms. The summed E-state index contributed by atoms with van der Waals surface area (Å²) in [6.07, 6.45) is 54.3. The number of carbonyl (C=O) groups is 2. The van der Waals surface area contributed by atoms with Crippen LogP contribution in [0.3, 0.4) is 0 Å². The predicted octanol–water partition coefficient (Wildman–Crippen LogP) is 14.7. The molecule has 0 aliphatic rings. The quantitative estimate of drug-likeness (QED) is 0.0324. The zero-order chi connectivity index (χ0) is 41.5. The van der Waals surface area contributed by atoms with Crippen LogP contribution in [-0.4, -0.2) is 47.4 Å². The van der Waals surface area contributed by atoms with E-state index in [1.807, 2.05) is 0 Å². The predicted molar refractivity (Wildman–Crippen MR) is 246 cm³/mol. The third-order valence-electron chi connectivity index (χ3n) is 11.5. The van der Waals surface area contributed by atoms with Crippen LogP contribution in [0, 0.1) is 0 Å². The summed E-state index contributed by atoms with van der Waals surface area (Å²) in [5, 5.41) is 23.1. The Morgan fingerprint density at radius 3 is 1.30 bits per heavy atom. The van der Waals surface area contributed by atoms with Gasteiger partial charge >= 0.3 is 5.97 Å². The third-order valence-corrected chi connectivity index (χ3v) is 11.5. The molecule has 0 aromatic heterocycles. The highest BCUT2D eigenvalue weighted by Crippen LogP contribution is 2.16. The zero-order valence-electron chi connectivity index (χ0n) is 38.1. The van der Waals surface area contributed by atoms with E-state index in [4.69, 9.17) is 4.74 Å². The van der Waals surface area contributed by atoms with Crippen LogP contribution in [-0.2, 0) is 14.3 Å². The molecule has 2 unspecified atom stereocenters. The number of esters is 1. The Morgan fingerprint density at radius 1 is 0.491 bits per heavy atom. The first-order valence-corrected chi connectivity index (χ1v) is 25.1. The average Bonchev–Trinajstić information content (AvgIpc) is 3.21. The minimum atomic E-state index is -0.676. The minimum absolute atomic E-state index is 0.0205. The second kappa shape index (κ2) is 47.0. The van der Waals surface area contributed by atoms with Gasteiger partial charge in [0.05, 0.1) is 25.4 Å². The molecule has 0 aromatic rings. The Balaban J connectivity index is 3.52. The van der Waals surface area contributed by atoms with Crippen molar-refractivity contribution in [3.05, 3.63) is 24.3 Å². The Morgan fingerprint density at radius 2 is 0.860 bits per heavy atom. The number of carbonyl (C=O) groups excluding carboxylic acids is 2. The number of unbranched alkanes of at least 4 members (excludes halogenated alkanes) is 32. The molecular formula is C51H97NO5. The average molecular weight is 804 g/mol. The smallest absolute Gasteiger partial charge is 0.305 e. The summed E-state index contributed by atoms with van der Waals surface area (Å²) in [6, 6.07) is -0.556. The molecule has 0 saturated heterocycles. The molecule has 0 saturated carbocycles. The normalized spacial score (nSPS) is 12.8. The third kappa shape index (κ3) is 43.7. The van der Waals surface area contributed by atoms with Crippen molar-refractivity contribution in [2.45, 2.75) is 276 Å². The second-order valence-electron chi connectivity index (χ2n) is 17.2. The van der Waals surface area contributed by atoms with Crippen LogP contribution in [0.15, 0.2) is 24.3 Å². The fourth-order valence-electron chi connectivity index (χ4n) is 7.63. The van der Waals surface area contributed by atoms with E-state index in [1.165, 1.54) is 154 Å². The molecule has 57 heavy (non-hydrogen) atoms. The summed E-state index contributed by atoms with van der Waals surface area (Å²) in [5.41, 5.74) is 0. The van der Waals surface area contributed by atoms with Crippen molar-refractivity contribution in [3.63, 3.8) is 0 Å². The van der Waals surface area contributed by atoms with Gasteiger partial charge in [-0.05, 0) is 57.8 Å². The molecule has 6 heteroatoms. The minimum Gasteiger partial charge on any atom is -0.466 e. The molecule has 3 N–H and O–H groups in total. The Kier molecular flexibility index (Phi) is 45.7. The van der Waals surface area contributed by atoms with Gasteiger partial charge in [0.15, 0.2) is 0 Å². The Bertz CT molecular complexity index is 889. The van der Waals surface area contributed by atoms with Gasteiger partial charge < -0.3 is 20.3 Å². The van der Waals surface area contributed by atoms with Crippen LogP contribution < -0.4 is 5.32 Å². The second-order valence-corrected chi connectivity index (χ2v) is 17.2. The van der Waals surface area contributed by atoms with Gasteiger partial charge in [0.1, 0.15) is 0 Å². The first-order chi connectivity index (χ1) is 28.0. The highest BCUT2D eigenvalue weighted by atomic mass is 16.5. The van der Waals surface area contributed by atoms with E-state index in [0.717, 1.165) is 77.0 Å². The lowest BCUT2D eigenvalue weighted by Gasteiger charge is -2.22. The molecule has 0 radical (unpaired) electrons. The maximum Gasteiger partial charge on any atom is 0.305 e. The van der Waals surface area contributed by atoms with E-state index in [-0.39, 0.29) is 18.5 Å². The Labute approximate surface area is 354 Å². The monoisotopic (exact) mass is 804 g/mol. The number of nitrogens with one attached hydrogen (secondary N) is 1. The van der Waals surface area contributed by atoms with Gasteiger partial charge in [0.25, 0.3) is 0 Å². The van der Waals surface area contributed by atoms with E-state index >= 15 is 0 Å². The maximum atomic E-state index is 12.4. The highest BCUT2D eigenvalue weighted by Gasteiger charge is 2.20. The van der Waals surface area contributed by atoms with E-state index in [1.54, 1.807) is 0 Å². The summed E-state index contributed by atoms with van der Waals surface area (Å²) in [7, 11) is 0. The van der Waals surface area contributed by atoms with Crippen LogP contribution >= 0.6 is 0 Å². The van der Waals surface area contributed by atoms with Crippen molar-refractivity contribution in [3.8, 4) is 0 Å². The molecule has 0 aliphatic heterocycles. The first kappa shape index (κ1) is 55.3. The molecule has 336 valence electrons. The molecule has 0 fully saturated rings. The van der Waals surface area contributed by atoms with Crippen LogP contribution in [0.25, 0.3) is 0 Å². The van der Waals surface area contributed by atoms with Gasteiger partial charge in [-0.2, -0.15) is 0 Å². The van der Waals surface area contributed by atoms with Crippen LogP contribution in [0.5, 0.6) is 0 Å². The lowest BCUT2D eigenvalue weighted by molar-refractivity contribution is -0.143. The number of aliphatic hydroxyl groups excluding tert-OH is 2. The summed E-state index contributed by atoms with van der Waals surface area (Å²) in [4.78, 5) is 24.4. The van der Waals surface area contributed by atoms with E-state index in [2.05, 4.69) is 43.5 Å². The van der Waals surface area contributed by atoms with E-state index < -0.39 is 12.1 Å². The topological polar surface area (TPSA) is 95.9 Å². The van der Waals surface area contributed by atoms with Crippen LogP contribution in [0.1, 0.15) is 264 Å². The summed E-state index contributed by atoms with van der Waals surface area (Å²) in [5.74, 6) is -0.0788. The number of hydrogen-bond acceptors (Lipinski definition) is 5. The van der Waals surface area contributed by atoms with Crippen LogP contribution in [0.4, 0.5) is 0 Å². The molecule has 0 aromatic carbocycles. The van der Waals surface area contributed by atoms with E-state index in [9.17, 15) is 19.8 Å². The fourth-order valence-corrected chi connectivity index (χ4v) is 7.63. The molecule has 0 heterocycles. The van der Waals surface area contributed by atoms with Gasteiger partial charge in [-0.15, -0.1) is 0 Å². The number of rotatable bonds is 46. The molecule has 0 rings (SSSR count). The molecule has 6 nitrogen and oxygen atoms in total. The summed E-state index contributed by atoms with van der Waals surface area (Å²) in [6.45, 7) is 4.89. The van der Waals surface area contributed by atoms with Crippen molar-refractivity contribution < 1.29 is 24.5 Å². The van der Waals surface area contributed by atoms with Crippen LogP contribution in [0.2, 0.25) is 0 Å². The lowest BCUT2D eigenvalue weighted by atomic mass is 10.0. The number of allylic oxidation sites excluding steroid dienone is 4. The number of hydrogen-bond donors (Lipinski definition) is 3. The molecule has 0 aliphatic carbocycles. The van der Waals surface area contributed by atoms with Crippen molar-refractivity contribution >= 4 is 11.9 Å². The summed E-state index contributed by atoms with van der Waals surface area (Å²) < 4.78 is 5.43. The zero-order valence-corrected chi connectivity index (χ0v) is 38.1. The standard InChI is InChI=1S/C51H97NO5/c1-3-5-7-9-11-13-15-20-25-29-33-37-41-45-51(56)57-46-42-38-34-30-26-22-19-17-18-21-24-28-32-36-40-44-50(55)52-48(47-53)49(54)43-39-35-31-27-23-16-14-12-10-8-6-4-2/h17,19,22,26,48-49,53-54H,3-16,18,20-21,23-25,27-47H2,1-2H3,(H,52,55)/b19-17-,26-22-. The van der Waals surface area contributed by atoms with Gasteiger partial charge in [-0.25, -0.2) is 0 Å². The SMILES string of the molecule is CCCCCCCCCCCCCCCC(=O)OCCCCC/C=C\C=C/CCCCCCCCC(=O)NC(CO)C(O)CCCCCCCCCCCCCC. The maximum absolute atomic E-state index is 12.4.